The SMILES string of the molecule is OC[C@H]1[C@H](O)[C@@H](O)C[N+]12CCCC2. The summed E-state index contributed by atoms with van der Waals surface area (Å²) in [5.41, 5.74) is 0. The lowest BCUT2D eigenvalue weighted by Crippen LogP contribution is -2.53. The molecule has 0 aromatic heterocycles. The first-order valence-corrected chi connectivity index (χ1v) is 5.02. The molecule has 0 aliphatic carbocycles. The Labute approximate surface area is 78.0 Å². The molecule has 3 N–H and O–H groups in total. The van der Waals surface area contributed by atoms with Crippen LogP contribution in [0.3, 0.4) is 0 Å². The minimum atomic E-state index is -0.733. The largest absolute Gasteiger partial charge is 0.390 e. The van der Waals surface area contributed by atoms with Crippen LogP contribution < -0.4 is 0 Å². The molecule has 0 radical (unpaired) electrons. The smallest absolute Gasteiger partial charge is 0.141 e. The van der Waals surface area contributed by atoms with Gasteiger partial charge in [0.1, 0.15) is 24.8 Å². The molecule has 0 amide bonds. The van der Waals surface area contributed by atoms with Gasteiger partial charge in [0.2, 0.25) is 0 Å². The van der Waals surface area contributed by atoms with E-state index >= 15 is 0 Å². The molecule has 3 atom stereocenters. The second-order valence-electron chi connectivity index (χ2n) is 4.36. The molecule has 2 heterocycles. The van der Waals surface area contributed by atoms with Crippen molar-refractivity contribution in [2.75, 3.05) is 26.2 Å². The van der Waals surface area contributed by atoms with Crippen LogP contribution in [0, 0.1) is 0 Å². The molecule has 0 bridgehead atoms. The fourth-order valence-electron chi connectivity index (χ4n) is 2.96. The van der Waals surface area contributed by atoms with Crippen LogP contribution in [0.5, 0.6) is 0 Å². The average molecular weight is 188 g/mol. The zero-order valence-electron chi connectivity index (χ0n) is 7.76. The Bertz CT molecular complexity index is 191. The fraction of sp³-hybridized carbons (Fsp3) is 1.00. The summed E-state index contributed by atoms with van der Waals surface area (Å²) in [6.07, 6.45) is 0.921. The van der Waals surface area contributed by atoms with E-state index in [2.05, 4.69) is 0 Å². The molecule has 76 valence electrons. The molecule has 2 aliphatic rings. The molecule has 0 saturated carbocycles. The summed E-state index contributed by atoms with van der Waals surface area (Å²) in [6, 6.07) is -0.155. The van der Waals surface area contributed by atoms with E-state index in [1.165, 1.54) is 0 Å². The van der Waals surface area contributed by atoms with Crippen LogP contribution in [0.25, 0.3) is 0 Å². The van der Waals surface area contributed by atoms with Crippen LogP contribution in [0.15, 0.2) is 0 Å². The van der Waals surface area contributed by atoms with Gasteiger partial charge in [-0.15, -0.1) is 0 Å². The average Bonchev–Trinajstić information content (AvgIpc) is 2.62. The standard InChI is InChI=1S/C9H18NO3/c11-6-7-9(13)8(12)5-10(7)3-1-2-4-10/h7-9,11-13H,1-6H2/q+1/t7-,8-,9-/m0/s1. The van der Waals surface area contributed by atoms with Gasteiger partial charge in [0.25, 0.3) is 0 Å². The number of quaternary nitrogens is 1. The van der Waals surface area contributed by atoms with Crippen LogP contribution in [0.4, 0.5) is 0 Å². The summed E-state index contributed by atoms with van der Waals surface area (Å²) in [5.74, 6) is 0. The van der Waals surface area contributed by atoms with E-state index in [0.717, 1.165) is 30.4 Å². The normalized spacial score (nSPS) is 43.2. The van der Waals surface area contributed by atoms with Crippen molar-refractivity contribution in [1.29, 1.82) is 0 Å². The molecule has 0 aromatic carbocycles. The number of aliphatic hydroxyl groups excluding tert-OH is 3. The Balaban J connectivity index is 2.18. The Hall–Kier alpha value is -0.160. The van der Waals surface area contributed by atoms with Crippen molar-refractivity contribution in [1.82, 2.24) is 0 Å². The number of hydrogen-bond donors (Lipinski definition) is 3. The van der Waals surface area contributed by atoms with Crippen molar-refractivity contribution >= 4 is 0 Å². The van der Waals surface area contributed by atoms with Gasteiger partial charge in [0, 0.05) is 12.8 Å². The van der Waals surface area contributed by atoms with Gasteiger partial charge in [0.05, 0.1) is 19.7 Å². The predicted octanol–water partition coefficient (Wildman–Crippen LogP) is -1.31. The van der Waals surface area contributed by atoms with Crippen LogP contribution in [0.1, 0.15) is 12.8 Å². The third-order valence-corrected chi connectivity index (χ3v) is 3.69. The highest BCUT2D eigenvalue weighted by atomic mass is 16.3. The number of hydrogen-bond acceptors (Lipinski definition) is 3. The Kier molecular flexibility index (Phi) is 2.32. The molecule has 2 rings (SSSR count). The third-order valence-electron chi connectivity index (χ3n) is 3.69. The Morgan fingerprint density at radius 1 is 1.15 bits per heavy atom. The van der Waals surface area contributed by atoms with E-state index in [0.29, 0.717) is 6.54 Å². The van der Waals surface area contributed by atoms with Crippen molar-refractivity contribution < 1.29 is 19.8 Å². The van der Waals surface area contributed by atoms with Gasteiger partial charge in [-0.3, -0.25) is 0 Å². The highest BCUT2D eigenvalue weighted by Crippen LogP contribution is 2.32. The summed E-state index contributed by atoms with van der Waals surface area (Å²) < 4.78 is 0.735. The second kappa shape index (κ2) is 3.20. The molecule has 2 aliphatic heterocycles. The first-order chi connectivity index (χ1) is 6.19. The lowest BCUT2D eigenvalue weighted by atomic mass is 10.1. The summed E-state index contributed by atoms with van der Waals surface area (Å²) >= 11 is 0. The third kappa shape index (κ3) is 1.29. The van der Waals surface area contributed by atoms with Crippen LogP contribution in [-0.2, 0) is 0 Å². The van der Waals surface area contributed by atoms with Crippen LogP contribution in [0.2, 0.25) is 0 Å². The molecule has 1 spiro atoms. The van der Waals surface area contributed by atoms with Gasteiger partial charge in [-0.25, -0.2) is 0 Å². The second-order valence-corrected chi connectivity index (χ2v) is 4.36. The van der Waals surface area contributed by atoms with Crippen LogP contribution in [-0.4, -0.2) is 64.3 Å². The van der Waals surface area contributed by atoms with Gasteiger partial charge in [-0.1, -0.05) is 0 Å². The zero-order valence-corrected chi connectivity index (χ0v) is 7.76. The summed E-state index contributed by atoms with van der Waals surface area (Å²) in [5, 5.41) is 28.4. The first-order valence-electron chi connectivity index (χ1n) is 5.02. The topological polar surface area (TPSA) is 60.7 Å². The summed E-state index contributed by atoms with van der Waals surface area (Å²) in [4.78, 5) is 0. The van der Waals surface area contributed by atoms with E-state index in [4.69, 9.17) is 0 Å². The van der Waals surface area contributed by atoms with Gasteiger partial charge in [-0.05, 0) is 0 Å². The van der Waals surface area contributed by atoms with E-state index in [9.17, 15) is 15.3 Å². The van der Waals surface area contributed by atoms with Crippen LogP contribution >= 0.6 is 0 Å². The van der Waals surface area contributed by atoms with Crippen molar-refractivity contribution in [3.8, 4) is 0 Å². The highest BCUT2D eigenvalue weighted by Gasteiger charge is 2.53. The van der Waals surface area contributed by atoms with E-state index in [1.807, 2.05) is 0 Å². The van der Waals surface area contributed by atoms with E-state index in [-0.39, 0.29) is 12.6 Å². The molecule has 13 heavy (non-hydrogen) atoms. The van der Waals surface area contributed by atoms with Crippen molar-refractivity contribution in [2.24, 2.45) is 0 Å². The quantitative estimate of drug-likeness (QED) is 0.448. The monoisotopic (exact) mass is 188 g/mol. The first kappa shape index (κ1) is 9.40. The maximum Gasteiger partial charge on any atom is 0.141 e. The lowest BCUT2D eigenvalue weighted by molar-refractivity contribution is -0.931. The molecule has 4 nitrogen and oxygen atoms in total. The molecule has 0 unspecified atom stereocenters. The minimum Gasteiger partial charge on any atom is -0.390 e. The van der Waals surface area contributed by atoms with Crippen molar-refractivity contribution in [3.05, 3.63) is 0 Å². The van der Waals surface area contributed by atoms with Gasteiger partial charge >= 0.3 is 0 Å². The van der Waals surface area contributed by atoms with E-state index in [1.54, 1.807) is 0 Å². The maximum atomic E-state index is 9.66. The fourth-order valence-corrected chi connectivity index (χ4v) is 2.96. The lowest BCUT2D eigenvalue weighted by Gasteiger charge is -2.35. The number of aliphatic hydroxyl groups is 3. The Morgan fingerprint density at radius 2 is 1.77 bits per heavy atom. The molecule has 4 heteroatoms. The van der Waals surface area contributed by atoms with Gasteiger partial charge in [0.15, 0.2) is 0 Å². The Morgan fingerprint density at radius 3 is 2.31 bits per heavy atom. The van der Waals surface area contributed by atoms with Gasteiger partial charge < -0.3 is 19.8 Å². The molecular formula is C9H18NO3+. The molecule has 2 fully saturated rings. The number of rotatable bonds is 1. The van der Waals surface area contributed by atoms with Gasteiger partial charge in [-0.2, -0.15) is 0 Å². The minimum absolute atomic E-state index is 0.0156. The van der Waals surface area contributed by atoms with Crippen molar-refractivity contribution in [3.63, 3.8) is 0 Å². The molecule has 0 aromatic rings. The number of nitrogens with zero attached hydrogens (tertiary/aromatic N) is 1. The maximum absolute atomic E-state index is 9.66. The zero-order chi connectivity index (χ0) is 9.47. The van der Waals surface area contributed by atoms with Crippen molar-refractivity contribution in [2.45, 2.75) is 31.1 Å². The van der Waals surface area contributed by atoms with E-state index < -0.39 is 12.2 Å². The predicted molar refractivity (Wildman–Crippen MR) is 47.0 cm³/mol. The highest BCUT2D eigenvalue weighted by molar-refractivity contribution is 4.86. The molecular weight excluding hydrogens is 170 g/mol. The summed E-state index contributed by atoms with van der Waals surface area (Å²) in [6.45, 7) is 2.60. The molecule has 2 saturated heterocycles. The summed E-state index contributed by atoms with van der Waals surface area (Å²) in [7, 11) is 0.